The second-order valence-corrected chi connectivity index (χ2v) is 5.74. The SMILES string of the molecule is O=Cc1ccc(N2CC3CCCC3C2)s1. The summed E-state index contributed by atoms with van der Waals surface area (Å²) in [5.41, 5.74) is 0. The van der Waals surface area contributed by atoms with Gasteiger partial charge in [-0.3, -0.25) is 4.79 Å². The molecule has 2 nitrogen and oxygen atoms in total. The first kappa shape index (κ1) is 9.40. The fraction of sp³-hybridized carbons (Fsp3) is 0.583. The van der Waals surface area contributed by atoms with Crippen molar-refractivity contribution in [1.29, 1.82) is 0 Å². The third kappa shape index (κ3) is 1.59. The first-order valence-corrected chi connectivity index (χ1v) is 6.48. The van der Waals surface area contributed by atoms with E-state index in [1.807, 2.05) is 6.07 Å². The smallest absolute Gasteiger partial charge is 0.160 e. The molecule has 1 saturated heterocycles. The van der Waals surface area contributed by atoms with Crippen molar-refractivity contribution in [3.8, 4) is 0 Å². The number of carbonyl (C=O) groups excluding carboxylic acids is 1. The van der Waals surface area contributed by atoms with Crippen LogP contribution in [0, 0.1) is 11.8 Å². The number of aldehydes is 1. The molecule has 3 heteroatoms. The first-order chi connectivity index (χ1) is 7.36. The van der Waals surface area contributed by atoms with E-state index in [1.54, 1.807) is 11.3 Å². The van der Waals surface area contributed by atoms with Crippen molar-refractivity contribution in [3.63, 3.8) is 0 Å². The Labute approximate surface area is 93.9 Å². The Kier molecular flexibility index (Phi) is 2.28. The molecule has 0 N–H and O–H groups in total. The van der Waals surface area contributed by atoms with Gasteiger partial charge in [-0.05, 0) is 36.8 Å². The molecule has 2 aliphatic rings. The van der Waals surface area contributed by atoms with Crippen LogP contribution < -0.4 is 4.90 Å². The highest BCUT2D eigenvalue weighted by atomic mass is 32.1. The number of rotatable bonds is 2. The van der Waals surface area contributed by atoms with Gasteiger partial charge in [-0.2, -0.15) is 0 Å². The number of thiophene rings is 1. The van der Waals surface area contributed by atoms with Gasteiger partial charge in [-0.25, -0.2) is 0 Å². The molecule has 0 spiro atoms. The van der Waals surface area contributed by atoms with Crippen molar-refractivity contribution in [2.45, 2.75) is 19.3 Å². The van der Waals surface area contributed by atoms with E-state index in [2.05, 4.69) is 11.0 Å². The van der Waals surface area contributed by atoms with Crippen LogP contribution in [0.3, 0.4) is 0 Å². The number of nitrogens with zero attached hydrogens (tertiary/aromatic N) is 1. The van der Waals surface area contributed by atoms with Gasteiger partial charge in [0, 0.05) is 13.1 Å². The lowest BCUT2D eigenvalue weighted by Gasteiger charge is -2.16. The van der Waals surface area contributed by atoms with Gasteiger partial charge in [0.25, 0.3) is 0 Å². The molecule has 0 aromatic carbocycles. The summed E-state index contributed by atoms with van der Waals surface area (Å²) in [7, 11) is 0. The Balaban J connectivity index is 1.76. The third-order valence-electron chi connectivity index (χ3n) is 3.77. The van der Waals surface area contributed by atoms with E-state index in [0.29, 0.717) is 0 Å². The predicted molar refractivity (Wildman–Crippen MR) is 62.8 cm³/mol. The standard InChI is InChI=1S/C12H15NOS/c14-8-11-4-5-12(15-11)13-6-9-2-1-3-10(9)7-13/h4-5,8-10H,1-3,6-7H2. The topological polar surface area (TPSA) is 20.3 Å². The molecule has 1 saturated carbocycles. The van der Waals surface area contributed by atoms with Crippen molar-refractivity contribution in [1.82, 2.24) is 0 Å². The van der Waals surface area contributed by atoms with Gasteiger partial charge in [-0.1, -0.05) is 6.42 Å². The summed E-state index contributed by atoms with van der Waals surface area (Å²) >= 11 is 1.63. The van der Waals surface area contributed by atoms with Crippen LogP contribution >= 0.6 is 11.3 Å². The van der Waals surface area contributed by atoms with Gasteiger partial charge in [0.15, 0.2) is 6.29 Å². The summed E-state index contributed by atoms with van der Waals surface area (Å²) in [6.07, 6.45) is 5.19. The maximum absolute atomic E-state index is 10.6. The summed E-state index contributed by atoms with van der Waals surface area (Å²) in [5, 5.41) is 1.28. The minimum Gasteiger partial charge on any atom is -0.363 e. The molecule has 0 amide bonds. The fourth-order valence-corrected chi connectivity index (χ4v) is 3.83. The predicted octanol–water partition coefficient (Wildman–Crippen LogP) is 2.80. The summed E-state index contributed by atoms with van der Waals surface area (Å²) in [4.78, 5) is 13.9. The van der Waals surface area contributed by atoms with Crippen LogP contribution in [-0.2, 0) is 0 Å². The molecule has 2 heterocycles. The van der Waals surface area contributed by atoms with Crippen molar-refractivity contribution in [2.24, 2.45) is 11.8 Å². The van der Waals surface area contributed by atoms with Crippen molar-refractivity contribution in [3.05, 3.63) is 17.0 Å². The molecule has 0 bridgehead atoms. The van der Waals surface area contributed by atoms with Crippen molar-refractivity contribution >= 4 is 22.6 Å². The van der Waals surface area contributed by atoms with E-state index in [-0.39, 0.29) is 0 Å². The largest absolute Gasteiger partial charge is 0.363 e. The maximum Gasteiger partial charge on any atom is 0.160 e. The van der Waals surface area contributed by atoms with Crippen LogP contribution in [0.25, 0.3) is 0 Å². The Bertz CT molecular complexity index is 361. The zero-order valence-electron chi connectivity index (χ0n) is 8.69. The van der Waals surface area contributed by atoms with E-state index in [9.17, 15) is 4.79 Å². The summed E-state index contributed by atoms with van der Waals surface area (Å²) < 4.78 is 0. The summed E-state index contributed by atoms with van der Waals surface area (Å²) in [5.74, 6) is 1.85. The lowest BCUT2D eigenvalue weighted by atomic mass is 10.0. The molecular weight excluding hydrogens is 206 g/mol. The summed E-state index contributed by atoms with van der Waals surface area (Å²) in [6.45, 7) is 2.42. The monoisotopic (exact) mass is 221 g/mol. The second kappa shape index (κ2) is 3.63. The lowest BCUT2D eigenvalue weighted by Crippen LogP contribution is -2.19. The van der Waals surface area contributed by atoms with Gasteiger partial charge < -0.3 is 4.90 Å². The van der Waals surface area contributed by atoms with Crippen molar-refractivity contribution in [2.75, 3.05) is 18.0 Å². The van der Waals surface area contributed by atoms with Crippen LogP contribution in [0.4, 0.5) is 5.00 Å². The molecule has 15 heavy (non-hydrogen) atoms. The zero-order valence-corrected chi connectivity index (χ0v) is 9.50. The lowest BCUT2D eigenvalue weighted by molar-refractivity contribution is 0.112. The van der Waals surface area contributed by atoms with E-state index < -0.39 is 0 Å². The number of fused-ring (bicyclic) bond motifs is 1. The average Bonchev–Trinajstić information content (AvgIpc) is 2.91. The molecule has 1 aliphatic heterocycles. The Morgan fingerprint density at radius 2 is 2.00 bits per heavy atom. The average molecular weight is 221 g/mol. The number of anilines is 1. The third-order valence-corrected chi connectivity index (χ3v) is 4.84. The first-order valence-electron chi connectivity index (χ1n) is 5.67. The minimum atomic E-state index is 0.849. The molecule has 1 aromatic rings. The van der Waals surface area contributed by atoms with Gasteiger partial charge in [0.05, 0.1) is 9.88 Å². The Morgan fingerprint density at radius 3 is 2.60 bits per heavy atom. The van der Waals surface area contributed by atoms with Crippen LogP contribution in [0.2, 0.25) is 0 Å². The van der Waals surface area contributed by atoms with E-state index in [0.717, 1.165) is 23.0 Å². The van der Waals surface area contributed by atoms with Gasteiger partial charge in [-0.15, -0.1) is 11.3 Å². The minimum absolute atomic E-state index is 0.849. The van der Waals surface area contributed by atoms with Gasteiger partial charge >= 0.3 is 0 Å². The van der Waals surface area contributed by atoms with Crippen LogP contribution in [0.15, 0.2) is 12.1 Å². The van der Waals surface area contributed by atoms with Crippen LogP contribution in [0.1, 0.15) is 28.9 Å². The highest BCUT2D eigenvalue weighted by Gasteiger charge is 2.36. The molecule has 3 rings (SSSR count). The summed E-state index contributed by atoms with van der Waals surface area (Å²) in [6, 6.07) is 4.02. The molecule has 1 aromatic heterocycles. The highest BCUT2D eigenvalue weighted by Crippen LogP contribution is 2.40. The Hall–Kier alpha value is -0.830. The normalized spacial score (nSPS) is 29.5. The molecule has 0 radical (unpaired) electrons. The molecule has 2 fully saturated rings. The fourth-order valence-electron chi connectivity index (χ4n) is 2.99. The van der Waals surface area contributed by atoms with Gasteiger partial charge in [0.2, 0.25) is 0 Å². The Morgan fingerprint density at radius 1 is 1.27 bits per heavy atom. The van der Waals surface area contributed by atoms with Crippen molar-refractivity contribution < 1.29 is 4.79 Å². The molecule has 80 valence electrons. The van der Waals surface area contributed by atoms with E-state index in [1.165, 1.54) is 37.4 Å². The number of hydrogen-bond acceptors (Lipinski definition) is 3. The molecule has 1 aliphatic carbocycles. The van der Waals surface area contributed by atoms with Crippen LogP contribution in [-0.4, -0.2) is 19.4 Å². The quantitative estimate of drug-likeness (QED) is 0.716. The molecular formula is C12H15NOS. The molecule has 2 unspecified atom stereocenters. The maximum atomic E-state index is 10.6. The zero-order chi connectivity index (χ0) is 10.3. The molecule has 2 atom stereocenters. The van der Waals surface area contributed by atoms with Crippen LogP contribution in [0.5, 0.6) is 0 Å². The second-order valence-electron chi connectivity index (χ2n) is 4.65. The van der Waals surface area contributed by atoms with Gasteiger partial charge in [0.1, 0.15) is 0 Å². The number of hydrogen-bond donors (Lipinski definition) is 0. The van der Waals surface area contributed by atoms with E-state index in [4.69, 9.17) is 0 Å². The van der Waals surface area contributed by atoms with E-state index >= 15 is 0 Å². The number of carbonyl (C=O) groups is 1. The highest BCUT2D eigenvalue weighted by molar-refractivity contribution is 7.17.